The largest absolute Gasteiger partial charge is 0.496 e. The van der Waals surface area contributed by atoms with Crippen LogP contribution in [0.15, 0.2) is 42.7 Å². The predicted molar refractivity (Wildman–Crippen MR) is 70.9 cm³/mol. The van der Waals surface area contributed by atoms with Crippen LogP contribution in [0.25, 0.3) is 0 Å². The van der Waals surface area contributed by atoms with Crippen LogP contribution in [0, 0.1) is 0 Å². The molecule has 0 aromatic heterocycles. The van der Waals surface area contributed by atoms with E-state index in [4.69, 9.17) is 4.74 Å². The third kappa shape index (κ3) is 3.90. The maximum absolute atomic E-state index is 5.54. The minimum atomic E-state index is -0.0425. The first-order valence-electron chi connectivity index (χ1n) is 6.27. The minimum Gasteiger partial charge on any atom is -0.496 e. The van der Waals surface area contributed by atoms with E-state index in [0.717, 1.165) is 19.4 Å². The van der Waals surface area contributed by atoms with Crippen molar-refractivity contribution in [2.75, 3.05) is 6.54 Å². The molecule has 2 heteroatoms. The highest BCUT2D eigenvalue weighted by Gasteiger charge is 2.25. The predicted octanol–water partition coefficient (Wildman–Crippen LogP) is 2.90. The second-order valence-electron chi connectivity index (χ2n) is 5.21. The molecule has 0 fully saturated rings. The van der Waals surface area contributed by atoms with Crippen molar-refractivity contribution in [3.8, 4) is 0 Å². The number of hydrogen-bond donors (Lipinski definition) is 1. The topological polar surface area (TPSA) is 21.3 Å². The van der Waals surface area contributed by atoms with E-state index >= 15 is 0 Å². The van der Waals surface area contributed by atoms with Crippen molar-refractivity contribution in [1.82, 2.24) is 5.32 Å². The summed E-state index contributed by atoms with van der Waals surface area (Å²) in [6.45, 7) is 5.26. The summed E-state index contributed by atoms with van der Waals surface area (Å²) in [5.41, 5.74) is 1.34. The molecule has 0 radical (unpaired) electrons. The van der Waals surface area contributed by atoms with Gasteiger partial charge in [-0.15, -0.1) is 0 Å². The Morgan fingerprint density at radius 1 is 1.29 bits per heavy atom. The Morgan fingerprint density at radius 3 is 2.76 bits per heavy atom. The second-order valence-corrected chi connectivity index (χ2v) is 5.21. The molecule has 0 spiro atoms. The highest BCUT2D eigenvalue weighted by molar-refractivity contribution is 5.15. The quantitative estimate of drug-likeness (QED) is 0.860. The number of nitrogens with one attached hydrogen (secondary N) is 1. The zero-order chi connectivity index (χ0) is 12.1. The van der Waals surface area contributed by atoms with E-state index < -0.39 is 0 Å². The molecule has 2 nitrogen and oxygen atoms in total. The van der Waals surface area contributed by atoms with E-state index in [9.17, 15) is 0 Å². The van der Waals surface area contributed by atoms with Gasteiger partial charge in [-0.2, -0.15) is 0 Å². The number of benzene rings is 1. The summed E-state index contributed by atoms with van der Waals surface area (Å²) in [6, 6.07) is 11.0. The fourth-order valence-corrected chi connectivity index (χ4v) is 2.15. The van der Waals surface area contributed by atoms with E-state index in [-0.39, 0.29) is 5.60 Å². The molecule has 0 unspecified atom stereocenters. The lowest BCUT2D eigenvalue weighted by molar-refractivity contribution is 0.0305. The first-order chi connectivity index (χ1) is 8.16. The average molecular weight is 231 g/mol. The first-order valence-corrected chi connectivity index (χ1v) is 6.27. The molecule has 0 saturated heterocycles. The van der Waals surface area contributed by atoms with Crippen molar-refractivity contribution in [3.05, 3.63) is 48.2 Å². The first kappa shape index (κ1) is 12.2. The van der Waals surface area contributed by atoms with Gasteiger partial charge in [-0.1, -0.05) is 30.3 Å². The van der Waals surface area contributed by atoms with Crippen LogP contribution < -0.4 is 5.32 Å². The van der Waals surface area contributed by atoms with Crippen LogP contribution in [0.5, 0.6) is 0 Å². The maximum atomic E-state index is 5.54. The summed E-state index contributed by atoms with van der Waals surface area (Å²) < 4.78 is 5.54. The van der Waals surface area contributed by atoms with Crippen LogP contribution in [-0.2, 0) is 11.2 Å². The molecule has 1 heterocycles. The van der Waals surface area contributed by atoms with Gasteiger partial charge < -0.3 is 10.1 Å². The molecule has 0 amide bonds. The summed E-state index contributed by atoms with van der Waals surface area (Å²) in [7, 11) is 0. The molecule has 1 atom stereocenters. The average Bonchev–Trinajstić information content (AvgIpc) is 2.29. The van der Waals surface area contributed by atoms with E-state index in [1.807, 2.05) is 6.26 Å². The molecule has 1 aromatic rings. The third-order valence-corrected chi connectivity index (χ3v) is 3.07. The molecule has 0 aliphatic carbocycles. The molecule has 1 aromatic carbocycles. The van der Waals surface area contributed by atoms with Crippen LogP contribution >= 0.6 is 0 Å². The summed E-state index contributed by atoms with van der Waals surface area (Å²) in [4.78, 5) is 0. The molecule has 1 aliphatic rings. The van der Waals surface area contributed by atoms with Crippen LogP contribution in [0.3, 0.4) is 0 Å². The van der Waals surface area contributed by atoms with Crippen LogP contribution in [-0.4, -0.2) is 18.2 Å². The lowest BCUT2D eigenvalue weighted by Gasteiger charge is -2.32. The zero-order valence-electron chi connectivity index (χ0n) is 10.6. The summed E-state index contributed by atoms with van der Waals surface area (Å²) in [5, 5.41) is 3.56. The van der Waals surface area contributed by atoms with Crippen LogP contribution in [0.4, 0.5) is 0 Å². The Labute approximate surface area is 104 Å². The van der Waals surface area contributed by atoms with Gasteiger partial charge in [-0.25, -0.2) is 0 Å². The Morgan fingerprint density at radius 2 is 2.06 bits per heavy atom. The second kappa shape index (κ2) is 5.37. The number of hydrogen-bond acceptors (Lipinski definition) is 2. The van der Waals surface area contributed by atoms with Gasteiger partial charge in [0, 0.05) is 12.5 Å². The van der Waals surface area contributed by atoms with Crippen molar-refractivity contribution in [2.45, 2.75) is 38.3 Å². The van der Waals surface area contributed by atoms with Gasteiger partial charge in [0.25, 0.3) is 0 Å². The lowest BCUT2D eigenvalue weighted by Crippen LogP contribution is -2.39. The molecular formula is C15H21NO. The summed E-state index contributed by atoms with van der Waals surface area (Å²) in [5.74, 6) is 0. The van der Waals surface area contributed by atoms with Crippen molar-refractivity contribution >= 4 is 0 Å². The Bertz CT molecular complexity index is 370. The highest BCUT2D eigenvalue weighted by atomic mass is 16.5. The molecule has 92 valence electrons. The van der Waals surface area contributed by atoms with Gasteiger partial charge in [0.05, 0.1) is 6.26 Å². The lowest BCUT2D eigenvalue weighted by atomic mass is 9.97. The molecule has 2 rings (SSSR count). The normalized spacial score (nSPS) is 22.1. The van der Waals surface area contributed by atoms with Gasteiger partial charge in [0.1, 0.15) is 5.60 Å². The molecule has 1 N–H and O–H groups in total. The van der Waals surface area contributed by atoms with Crippen LogP contribution in [0.1, 0.15) is 25.8 Å². The monoisotopic (exact) mass is 231 g/mol. The fourth-order valence-electron chi connectivity index (χ4n) is 2.15. The summed E-state index contributed by atoms with van der Waals surface area (Å²) >= 11 is 0. The molecule has 17 heavy (non-hydrogen) atoms. The van der Waals surface area contributed by atoms with Crippen molar-refractivity contribution in [1.29, 1.82) is 0 Å². The standard InChI is InChI=1S/C15H21NO/c1-15(2)12-14(9-11-17-15)16-10-8-13-6-4-3-5-7-13/h3-7,9,11,14,16H,8,10,12H2,1-2H3/t14-/m1/s1. The Hall–Kier alpha value is -1.28. The highest BCUT2D eigenvalue weighted by Crippen LogP contribution is 2.22. The van der Waals surface area contributed by atoms with Crippen molar-refractivity contribution < 1.29 is 4.74 Å². The number of rotatable bonds is 4. The van der Waals surface area contributed by atoms with Crippen LogP contribution in [0.2, 0.25) is 0 Å². The van der Waals surface area contributed by atoms with Gasteiger partial charge in [0.15, 0.2) is 0 Å². The van der Waals surface area contributed by atoms with Crippen molar-refractivity contribution in [3.63, 3.8) is 0 Å². The van der Waals surface area contributed by atoms with Gasteiger partial charge in [0.2, 0.25) is 0 Å². The minimum absolute atomic E-state index is 0.0425. The summed E-state index contributed by atoms with van der Waals surface area (Å²) in [6.07, 6.45) is 6.03. The van der Waals surface area contributed by atoms with E-state index in [1.165, 1.54) is 5.56 Å². The van der Waals surface area contributed by atoms with E-state index in [2.05, 4.69) is 55.6 Å². The van der Waals surface area contributed by atoms with Gasteiger partial charge in [-0.3, -0.25) is 0 Å². The Kier molecular flexibility index (Phi) is 3.85. The third-order valence-electron chi connectivity index (χ3n) is 3.07. The molecule has 1 aliphatic heterocycles. The number of ether oxygens (including phenoxy) is 1. The van der Waals surface area contributed by atoms with E-state index in [1.54, 1.807) is 0 Å². The fraction of sp³-hybridized carbons (Fsp3) is 0.467. The van der Waals surface area contributed by atoms with Gasteiger partial charge in [-0.05, 0) is 38.5 Å². The molecule has 0 saturated carbocycles. The smallest absolute Gasteiger partial charge is 0.104 e. The van der Waals surface area contributed by atoms with Gasteiger partial charge >= 0.3 is 0 Å². The SMILES string of the molecule is CC1(C)C[C@H](NCCc2ccccc2)C=CO1. The Balaban J connectivity index is 1.76. The maximum Gasteiger partial charge on any atom is 0.104 e. The zero-order valence-corrected chi connectivity index (χ0v) is 10.6. The molecular weight excluding hydrogens is 210 g/mol. The van der Waals surface area contributed by atoms with E-state index in [0.29, 0.717) is 6.04 Å². The van der Waals surface area contributed by atoms with Crippen molar-refractivity contribution in [2.24, 2.45) is 0 Å². The molecule has 0 bridgehead atoms.